The molecule has 30 heavy (non-hydrogen) atoms. The van der Waals surface area contributed by atoms with Crippen molar-refractivity contribution in [2.45, 2.75) is 69.5 Å². The minimum atomic E-state index is -0.284. The van der Waals surface area contributed by atoms with Crippen molar-refractivity contribution in [3.63, 3.8) is 0 Å². The molecule has 0 unspecified atom stereocenters. The third kappa shape index (κ3) is 4.85. The maximum Gasteiger partial charge on any atom is 0.306 e. The van der Waals surface area contributed by atoms with E-state index in [2.05, 4.69) is 5.32 Å². The topological polar surface area (TPSA) is 83.1 Å². The van der Waals surface area contributed by atoms with Gasteiger partial charge in [-0.1, -0.05) is 43.2 Å². The Morgan fingerprint density at radius 2 is 1.80 bits per heavy atom. The van der Waals surface area contributed by atoms with Gasteiger partial charge in [-0.2, -0.15) is 0 Å². The number of nitrogens with one attached hydrogen (secondary N) is 1. The van der Waals surface area contributed by atoms with E-state index in [4.69, 9.17) is 18.9 Å². The Bertz CT molecular complexity index is 732. The Morgan fingerprint density at radius 3 is 2.53 bits per heavy atom. The molecule has 0 spiro atoms. The molecule has 1 aromatic carbocycles. The predicted molar refractivity (Wildman–Crippen MR) is 109 cm³/mol. The summed E-state index contributed by atoms with van der Waals surface area (Å²) in [7, 11) is 1.40. The van der Waals surface area contributed by atoms with Gasteiger partial charge in [-0.15, -0.1) is 0 Å². The molecule has 2 heterocycles. The number of carbonyl (C=O) groups is 2. The fourth-order valence-corrected chi connectivity index (χ4v) is 5.03. The SMILES string of the molecule is COC(=O)CC1(CC(=O)N[C@H]2CO[C@H]3[C@@H]2OC[C@H]3OCc2ccccc2)CCCC1. The molecule has 2 aliphatic heterocycles. The summed E-state index contributed by atoms with van der Waals surface area (Å²) in [6, 6.07) is 9.82. The first-order chi connectivity index (χ1) is 14.6. The Kier molecular flexibility index (Phi) is 6.71. The van der Waals surface area contributed by atoms with Crippen LogP contribution in [0, 0.1) is 5.41 Å². The lowest BCUT2D eigenvalue weighted by atomic mass is 9.79. The van der Waals surface area contributed by atoms with Crippen molar-refractivity contribution in [1.29, 1.82) is 0 Å². The summed E-state index contributed by atoms with van der Waals surface area (Å²) in [5.41, 5.74) is 0.824. The summed E-state index contributed by atoms with van der Waals surface area (Å²) < 4.78 is 22.7. The van der Waals surface area contributed by atoms with E-state index in [1.54, 1.807) is 0 Å². The van der Waals surface area contributed by atoms with Crippen molar-refractivity contribution < 1.29 is 28.5 Å². The molecule has 0 aromatic heterocycles. The highest BCUT2D eigenvalue weighted by molar-refractivity contribution is 5.79. The molecular formula is C23H31NO6. The average Bonchev–Trinajstić information content (AvgIpc) is 3.46. The number of hydrogen-bond acceptors (Lipinski definition) is 6. The normalized spacial score (nSPS) is 29.5. The summed E-state index contributed by atoms with van der Waals surface area (Å²) in [6.45, 7) is 1.38. The summed E-state index contributed by atoms with van der Waals surface area (Å²) in [5.74, 6) is -0.293. The Labute approximate surface area is 177 Å². The zero-order valence-corrected chi connectivity index (χ0v) is 17.5. The first-order valence-corrected chi connectivity index (χ1v) is 10.8. The van der Waals surface area contributed by atoms with E-state index in [9.17, 15) is 9.59 Å². The molecule has 1 aliphatic carbocycles. The first kappa shape index (κ1) is 21.3. The van der Waals surface area contributed by atoms with Crippen molar-refractivity contribution in [2.24, 2.45) is 5.41 Å². The van der Waals surface area contributed by atoms with Crippen LogP contribution in [-0.4, -0.2) is 56.6 Å². The van der Waals surface area contributed by atoms with E-state index in [-0.39, 0.29) is 41.6 Å². The zero-order valence-electron chi connectivity index (χ0n) is 17.5. The lowest BCUT2D eigenvalue weighted by molar-refractivity contribution is -0.144. The molecule has 164 valence electrons. The van der Waals surface area contributed by atoms with Gasteiger partial charge in [-0.25, -0.2) is 0 Å². The van der Waals surface area contributed by atoms with E-state index in [1.165, 1.54) is 7.11 Å². The molecule has 1 saturated carbocycles. The Hall–Kier alpha value is -1.96. The molecule has 7 nitrogen and oxygen atoms in total. The van der Waals surface area contributed by atoms with Gasteiger partial charge in [-0.05, 0) is 23.8 Å². The molecule has 1 aromatic rings. The van der Waals surface area contributed by atoms with Crippen LogP contribution in [0.25, 0.3) is 0 Å². The van der Waals surface area contributed by atoms with Crippen LogP contribution in [-0.2, 0) is 35.1 Å². The largest absolute Gasteiger partial charge is 0.469 e. The standard InChI is InChI=1S/C23H31NO6/c1-27-20(26)12-23(9-5-6-10-23)11-19(25)24-17-14-29-22-18(15-30-21(17)22)28-13-16-7-3-2-4-8-16/h2-4,7-8,17-18,21-22H,5-6,9-15H2,1H3,(H,24,25)/t17-,18+,21+,22+/m0/s1. The highest BCUT2D eigenvalue weighted by atomic mass is 16.6. The number of benzene rings is 1. The van der Waals surface area contributed by atoms with Gasteiger partial charge >= 0.3 is 5.97 Å². The third-order valence-electron chi connectivity index (χ3n) is 6.61. The zero-order chi connectivity index (χ0) is 21.0. The summed E-state index contributed by atoms with van der Waals surface area (Å²) in [5, 5.41) is 3.09. The maximum atomic E-state index is 12.8. The van der Waals surface area contributed by atoms with Crippen LogP contribution in [0.4, 0.5) is 0 Å². The molecule has 0 radical (unpaired) electrons. The highest BCUT2D eigenvalue weighted by Crippen LogP contribution is 2.44. The molecule has 3 aliphatic rings. The Morgan fingerprint density at radius 1 is 1.07 bits per heavy atom. The van der Waals surface area contributed by atoms with Gasteiger partial charge in [-0.3, -0.25) is 9.59 Å². The van der Waals surface area contributed by atoms with Crippen molar-refractivity contribution in [3.8, 4) is 0 Å². The van der Waals surface area contributed by atoms with Gasteiger partial charge < -0.3 is 24.3 Å². The van der Waals surface area contributed by atoms with Crippen molar-refractivity contribution >= 4 is 11.9 Å². The van der Waals surface area contributed by atoms with Gasteiger partial charge in [0.15, 0.2) is 0 Å². The first-order valence-electron chi connectivity index (χ1n) is 10.8. The number of hydrogen-bond donors (Lipinski definition) is 1. The number of esters is 1. The fraction of sp³-hybridized carbons (Fsp3) is 0.652. The Balaban J connectivity index is 1.28. The molecule has 1 N–H and O–H groups in total. The number of fused-ring (bicyclic) bond motifs is 1. The highest BCUT2D eigenvalue weighted by Gasteiger charge is 2.49. The van der Waals surface area contributed by atoms with Gasteiger partial charge in [0.2, 0.25) is 5.91 Å². The summed E-state index contributed by atoms with van der Waals surface area (Å²) in [6.07, 6.45) is 3.99. The second kappa shape index (κ2) is 9.45. The van der Waals surface area contributed by atoms with E-state index >= 15 is 0 Å². The number of carbonyl (C=O) groups excluding carboxylic acids is 2. The lowest BCUT2D eigenvalue weighted by Gasteiger charge is -2.28. The quantitative estimate of drug-likeness (QED) is 0.654. The maximum absolute atomic E-state index is 12.8. The van der Waals surface area contributed by atoms with Gasteiger partial charge in [0.05, 0.1) is 39.4 Å². The monoisotopic (exact) mass is 417 g/mol. The molecule has 4 rings (SSSR count). The average molecular weight is 418 g/mol. The van der Waals surface area contributed by atoms with E-state index in [0.29, 0.717) is 32.7 Å². The second-order valence-electron chi connectivity index (χ2n) is 8.74. The second-order valence-corrected chi connectivity index (χ2v) is 8.74. The van der Waals surface area contributed by atoms with Crippen LogP contribution >= 0.6 is 0 Å². The van der Waals surface area contributed by atoms with Gasteiger partial charge in [0.1, 0.15) is 18.3 Å². The predicted octanol–water partition coefficient (Wildman–Crippen LogP) is 2.37. The number of rotatable bonds is 8. The summed E-state index contributed by atoms with van der Waals surface area (Å²) >= 11 is 0. The smallest absolute Gasteiger partial charge is 0.306 e. The number of methoxy groups -OCH3 is 1. The van der Waals surface area contributed by atoms with Crippen LogP contribution in [0.3, 0.4) is 0 Å². The number of ether oxygens (including phenoxy) is 4. The van der Waals surface area contributed by atoms with Crippen molar-refractivity contribution in [3.05, 3.63) is 35.9 Å². The molecular weight excluding hydrogens is 386 g/mol. The molecule has 3 fully saturated rings. The fourth-order valence-electron chi connectivity index (χ4n) is 5.03. The van der Waals surface area contributed by atoms with Gasteiger partial charge in [0.25, 0.3) is 0 Å². The van der Waals surface area contributed by atoms with Crippen LogP contribution in [0.2, 0.25) is 0 Å². The molecule has 2 saturated heterocycles. The third-order valence-corrected chi connectivity index (χ3v) is 6.61. The lowest BCUT2D eigenvalue weighted by Crippen LogP contribution is -2.45. The van der Waals surface area contributed by atoms with E-state index in [0.717, 1.165) is 31.2 Å². The van der Waals surface area contributed by atoms with Crippen LogP contribution in [0.1, 0.15) is 44.1 Å². The minimum Gasteiger partial charge on any atom is -0.469 e. The van der Waals surface area contributed by atoms with Crippen molar-refractivity contribution in [2.75, 3.05) is 20.3 Å². The summed E-state index contributed by atoms with van der Waals surface area (Å²) in [4.78, 5) is 24.6. The molecule has 0 bridgehead atoms. The molecule has 7 heteroatoms. The molecule has 4 atom stereocenters. The van der Waals surface area contributed by atoms with Crippen LogP contribution < -0.4 is 5.32 Å². The molecule has 1 amide bonds. The van der Waals surface area contributed by atoms with Crippen LogP contribution in [0.15, 0.2) is 30.3 Å². The van der Waals surface area contributed by atoms with Crippen LogP contribution in [0.5, 0.6) is 0 Å². The number of amides is 1. The van der Waals surface area contributed by atoms with Gasteiger partial charge in [0, 0.05) is 6.42 Å². The van der Waals surface area contributed by atoms with Crippen molar-refractivity contribution in [1.82, 2.24) is 5.32 Å². The van der Waals surface area contributed by atoms with E-state index in [1.807, 2.05) is 30.3 Å². The van der Waals surface area contributed by atoms with E-state index < -0.39 is 0 Å². The minimum absolute atomic E-state index is 0.0488.